The van der Waals surface area contributed by atoms with Crippen LogP contribution in [0.2, 0.25) is 0 Å². The first-order chi connectivity index (χ1) is 15.0. The summed E-state index contributed by atoms with van der Waals surface area (Å²) in [6.45, 7) is 2.39. The molecule has 0 radical (unpaired) electrons. The van der Waals surface area contributed by atoms with E-state index >= 15 is 0 Å². The number of rotatable bonds is 6. The van der Waals surface area contributed by atoms with E-state index in [2.05, 4.69) is 15.9 Å². The van der Waals surface area contributed by atoms with Gasteiger partial charge in [0.2, 0.25) is 0 Å². The van der Waals surface area contributed by atoms with Gasteiger partial charge in [0, 0.05) is 11.1 Å². The fourth-order valence-corrected chi connectivity index (χ4v) is 4.00. The Morgan fingerprint density at radius 3 is 2.29 bits per heavy atom. The third-order valence-electron chi connectivity index (χ3n) is 4.82. The molecule has 31 heavy (non-hydrogen) atoms. The highest BCUT2D eigenvalue weighted by molar-refractivity contribution is 9.10. The number of Topliss-reactive ketones (excluding diaryl/α,β-unsaturated/α-hetero) is 2. The van der Waals surface area contributed by atoms with Crippen molar-refractivity contribution in [3.8, 4) is 11.5 Å². The van der Waals surface area contributed by atoms with Crippen LogP contribution in [0.15, 0.2) is 70.7 Å². The summed E-state index contributed by atoms with van der Waals surface area (Å²) in [5.41, 5.74) is 2.25. The molecule has 0 fully saturated rings. The van der Waals surface area contributed by atoms with E-state index in [9.17, 15) is 14.0 Å². The number of allylic oxidation sites excluding steroid dienone is 1. The van der Waals surface area contributed by atoms with E-state index < -0.39 is 0 Å². The van der Waals surface area contributed by atoms with Crippen molar-refractivity contribution in [1.82, 2.24) is 0 Å². The minimum absolute atomic E-state index is 0.115. The van der Waals surface area contributed by atoms with Crippen LogP contribution in [-0.4, -0.2) is 18.2 Å². The van der Waals surface area contributed by atoms with Gasteiger partial charge in [0.05, 0.1) is 16.7 Å². The quantitative estimate of drug-likeness (QED) is 0.319. The Bertz CT molecular complexity index is 1180. The van der Waals surface area contributed by atoms with Crippen LogP contribution < -0.4 is 9.47 Å². The summed E-state index contributed by atoms with van der Waals surface area (Å²) in [7, 11) is 0. The molecule has 0 aliphatic heterocycles. The molecular formula is C25H18BrFO4. The van der Waals surface area contributed by atoms with E-state index in [4.69, 9.17) is 9.47 Å². The van der Waals surface area contributed by atoms with E-state index in [-0.39, 0.29) is 29.6 Å². The maximum Gasteiger partial charge on any atom is 0.197 e. The summed E-state index contributed by atoms with van der Waals surface area (Å²) in [5.74, 6) is -0.00236. The number of fused-ring (bicyclic) bond motifs is 1. The standard InChI is InChI=1S/C25H18BrFO4/c1-2-30-22-13-16(11-20-23(28)18-8-3-4-9-19(18)24(20)29)12-21(26)25(22)31-14-15-6-5-7-17(27)10-15/h3-13H,2,14H2,1H3. The van der Waals surface area contributed by atoms with E-state index in [1.54, 1.807) is 54.6 Å². The van der Waals surface area contributed by atoms with Crippen LogP contribution in [0.5, 0.6) is 11.5 Å². The van der Waals surface area contributed by atoms with Gasteiger partial charge in [-0.25, -0.2) is 4.39 Å². The molecule has 0 bridgehead atoms. The largest absolute Gasteiger partial charge is 0.490 e. The molecule has 3 aromatic rings. The molecule has 0 heterocycles. The Kier molecular flexibility index (Phi) is 6.00. The summed E-state index contributed by atoms with van der Waals surface area (Å²) >= 11 is 3.49. The highest BCUT2D eigenvalue weighted by Crippen LogP contribution is 2.39. The molecule has 156 valence electrons. The minimum atomic E-state index is -0.334. The van der Waals surface area contributed by atoms with Crippen molar-refractivity contribution in [3.05, 3.63) is 98.8 Å². The van der Waals surface area contributed by atoms with Gasteiger partial charge < -0.3 is 9.47 Å². The summed E-state index contributed by atoms with van der Waals surface area (Å²) < 4.78 is 25.6. The number of carbonyl (C=O) groups is 2. The predicted molar refractivity (Wildman–Crippen MR) is 119 cm³/mol. The van der Waals surface area contributed by atoms with Crippen molar-refractivity contribution < 1.29 is 23.5 Å². The highest BCUT2D eigenvalue weighted by atomic mass is 79.9. The predicted octanol–water partition coefficient (Wildman–Crippen LogP) is 6.03. The number of halogens is 2. The molecule has 0 saturated heterocycles. The lowest BCUT2D eigenvalue weighted by atomic mass is 10.1. The number of benzene rings is 3. The first-order valence-electron chi connectivity index (χ1n) is 9.71. The molecule has 1 aliphatic rings. The van der Waals surface area contributed by atoms with Gasteiger partial charge in [-0.05, 0) is 64.3 Å². The third-order valence-corrected chi connectivity index (χ3v) is 5.41. The van der Waals surface area contributed by atoms with Crippen LogP contribution in [0, 0.1) is 5.82 Å². The van der Waals surface area contributed by atoms with Crippen molar-refractivity contribution in [2.75, 3.05) is 6.61 Å². The number of hydrogen-bond acceptors (Lipinski definition) is 4. The lowest BCUT2D eigenvalue weighted by molar-refractivity contribution is 0.0990. The second kappa shape index (κ2) is 8.86. The molecule has 0 N–H and O–H groups in total. The van der Waals surface area contributed by atoms with E-state index in [1.807, 2.05) is 6.92 Å². The minimum Gasteiger partial charge on any atom is -0.490 e. The fraction of sp³-hybridized carbons (Fsp3) is 0.120. The molecule has 3 aromatic carbocycles. The van der Waals surface area contributed by atoms with Gasteiger partial charge in [0.25, 0.3) is 0 Å². The van der Waals surface area contributed by atoms with Gasteiger partial charge in [-0.1, -0.05) is 36.4 Å². The molecule has 0 unspecified atom stereocenters. The third kappa shape index (κ3) is 4.30. The highest BCUT2D eigenvalue weighted by Gasteiger charge is 2.32. The molecule has 4 rings (SSSR count). The number of carbonyl (C=O) groups excluding carboxylic acids is 2. The van der Waals surface area contributed by atoms with Gasteiger partial charge >= 0.3 is 0 Å². The SMILES string of the molecule is CCOc1cc(C=C2C(=O)c3ccccc3C2=O)cc(Br)c1OCc1cccc(F)c1. The molecule has 1 aliphatic carbocycles. The average Bonchev–Trinajstić information content (AvgIpc) is 2.99. The molecule has 0 atom stereocenters. The van der Waals surface area contributed by atoms with Gasteiger partial charge in [0.1, 0.15) is 12.4 Å². The Morgan fingerprint density at radius 2 is 1.65 bits per heavy atom. The van der Waals surface area contributed by atoms with Crippen LogP contribution in [-0.2, 0) is 6.61 Å². The number of ketones is 2. The zero-order chi connectivity index (χ0) is 22.0. The average molecular weight is 481 g/mol. The second-order valence-electron chi connectivity index (χ2n) is 6.94. The zero-order valence-corrected chi connectivity index (χ0v) is 18.2. The fourth-order valence-electron chi connectivity index (χ4n) is 3.43. The topological polar surface area (TPSA) is 52.6 Å². The van der Waals surface area contributed by atoms with E-state index in [0.29, 0.717) is 44.8 Å². The van der Waals surface area contributed by atoms with Crippen molar-refractivity contribution in [2.24, 2.45) is 0 Å². The molecule has 0 aromatic heterocycles. The summed E-state index contributed by atoms with van der Waals surface area (Å²) in [6.07, 6.45) is 1.56. The van der Waals surface area contributed by atoms with Crippen LogP contribution in [0.1, 0.15) is 38.8 Å². The number of ether oxygens (including phenoxy) is 2. The van der Waals surface area contributed by atoms with Gasteiger partial charge in [-0.2, -0.15) is 0 Å². The van der Waals surface area contributed by atoms with E-state index in [0.717, 1.165) is 0 Å². The van der Waals surface area contributed by atoms with Crippen LogP contribution in [0.3, 0.4) is 0 Å². The molecule has 0 amide bonds. The monoisotopic (exact) mass is 480 g/mol. The summed E-state index contributed by atoms with van der Waals surface area (Å²) in [6, 6.07) is 16.4. The van der Waals surface area contributed by atoms with E-state index in [1.165, 1.54) is 12.1 Å². The normalized spacial score (nSPS) is 12.7. The first kappa shape index (κ1) is 21.0. The van der Waals surface area contributed by atoms with Crippen LogP contribution >= 0.6 is 15.9 Å². The van der Waals surface area contributed by atoms with Crippen LogP contribution in [0.4, 0.5) is 4.39 Å². The Hall–Kier alpha value is -3.25. The number of hydrogen-bond donors (Lipinski definition) is 0. The van der Waals surface area contributed by atoms with Crippen molar-refractivity contribution in [2.45, 2.75) is 13.5 Å². The molecule has 0 saturated carbocycles. The lowest BCUT2D eigenvalue weighted by Gasteiger charge is -2.15. The smallest absolute Gasteiger partial charge is 0.197 e. The molecular weight excluding hydrogens is 463 g/mol. The lowest BCUT2D eigenvalue weighted by Crippen LogP contribution is -2.02. The second-order valence-corrected chi connectivity index (χ2v) is 7.80. The maximum absolute atomic E-state index is 13.4. The van der Waals surface area contributed by atoms with Gasteiger partial charge in [-0.3, -0.25) is 9.59 Å². The summed E-state index contributed by atoms with van der Waals surface area (Å²) in [4.78, 5) is 25.3. The van der Waals surface area contributed by atoms with Crippen molar-refractivity contribution in [1.29, 1.82) is 0 Å². The van der Waals surface area contributed by atoms with Gasteiger partial charge in [-0.15, -0.1) is 0 Å². The van der Waals surface area contributed by atoms with Gasteiger partial charge in [0.15, 0.2) is 23.1 Å². The molecule has 4 nitrogen and oxygen atoms in total. The Balaban J connectivity index is 1.65. The van der Waals surface area contributed by atoms with Crippen molar-refractivity contribution in [3.63, 3.8) is 0 Å². The van der Waals surface area contributed by atoms with Crippen LogP contribution in [0.25, 0.3) is 6.08 Å². The molecule has 6 heteroatoms. The zero-order valence-electron chi connectivity index (χ0n) is 16.7. The first-order valence-corrected chi connectivity index (χ1v) is 10.5. The Morgan fingerprint density at radius 1 is 0.935 bits per heavy atom. The summed E-state index contributed by atoms with van der Waals surface area (Å²) in [5, 5.41) is 0. The molecule has 0 spiro atoms. The van der Waals surface area contributed by atoms with Crippen molar-refractivity contribution >= 4 is 33.6 Å². The Labute approximate surface area is 187 Å². The maximum atomic E-state index is 13.4.